The molecule has 38 heavy (non-hydrogen) atoms. The van der Waals surface area contributed by atoms with E-state index in [9.17, 15) is 14.0 Å². The van der Waals surface area contributed by atoms with Gasteiger partial charge in [0.1, 0.15) is 5.82 Å². The van der Waals surface area contributed by atoms with E-state index in [0.29, 0.717) is 48.1 Å². The molecule has 5 rings (SSSR count). The van der Waals surface area contributed by atoms with E-state index in [1.54, 1.807) is 30.0 Å². The average Bonchev–Trinajstić information content (AvgIpc) is 2.88. The molecule has 0 bridgehead atoms. The Morgan fingerprint density at radius 1 is 1.05 bits per heavy atom. The minimum Gasteiger partial charge on any atom is -0.383 e. The Morgan fingerprint density at radius 3 is 2.53 bits per heavy atom. The van der Waals surface area contributed by atoms with Gasteiger partial charge in [0.2, 0.25) is 5.91 Å². The highest BCUT2D eigenvalue weighted by Gasteiger charge is 2.43. The Kier molecular flexibility index (Phi) is 7.89. The minimum atomic E-state index is -0.527. The maximum Gasteiger partial charge on any atom is 0.257 e. The van der Waals surface area contributed by atoms with Crippen LogP contribution < -0.4 is 10.6 Å². The molecular weight excluding hydrogens is 501 g/mol. The van der Waals surface area contributed by atoms with Gasteiger partial charge in [-0.2, -0.15) is 0 Å². The maximum absolute atomic E-state index is 14.9. The molecule has 3 aliphatic rings. The zero-order valence-corrected chi connectivity index (χ0v) is 22.7. The van der Waals surface area contributed by atoms with Gasteiger partial charge in [-0.3, -0.25) is 9.59 Å². The van der Waals surface area contributed by atoms with Crippen LogP contribution in [0, 0.1) is 31.5 Å². The number of halogens is 2. The van der Waals surface area contributed by atoms with Crippen molar-refractivity contribution >= 4 is 29.1 Å². The van der Waals surface area contributed by atoms with Crippen molar-refractivity contribution in [1.29, 1.82) is 0 Å². The molecule has 200 valence electrons. The van der Waals surface area contributed by atoms with Gasteiger partial charge in [-0.15, -0.1) is 0 Å². The number of likely N-dealkylation sites (tertiary alicyclic amines) is 1. The largest absolute Gasteiger partial charge is 0.383 e. The summed E-state index contributed by atoms with van der Waals surface area (Å²) in [5.74, 6) is -1.52. The summed E-state index contributed by atoms with van der Waals surface area (Å²) in [6, 6.07) is 10.3. The molecule has 2 aliphatic carbocycles. The molecular formula is C31H35ClFN3O2. The topological polar surface area (TPSA) is 61.4 Å². The van der Waals surface area contributed by atoms with Crippen molar-refractivity contribution < 1.29 is 14.0 Å². The molecule has 2 amide bonds. The van der Waals surface area contributed by atoms with Gasteiger partial charge in [-0.05, 0) is 87.8 Å². The molecule has 0 spiro atoms. The first-order chi connectivity index (χ1) is 18.3. The third kappa shape index (κ3) is 5.51. The zero-order chi connectivity index (χ0) is 26.8. The smallest absolute Gasteiger partial charge is 0.257 e. The molecule has 0 radical (unpaired) electrons. The number of anilines is 1. The van der Waals surface area contributed by atoms with Crippen molar-refractivity contribution in [3.8, 4) is 0 Å². The Hall–Kier alpha value is -3.12. The Morgan fingerprint density at radius 2 is 1.87 bits per heavy atom. The summed E-state index contributed by atoms with van der Waals surface area (Å²) in [6.07, 6.45) is 12.0. The zero-order valence-electron chi connectivity index (χ0n) is 22.0. The maximum atomic E-state index is 14.9. The number of piperidine rings is 1. The number of hydrogen-bond acceptors (Lipinski definition) is 3. The Labute approximate surface area is 229 Å². The number of nitrogens with zero attached hydrogens (tertiary/aromatic N) is 1. The third-order valence-electron chi connectivity index (χ3n) is 8.21. The van der Waals surface area contributed by atoms with Crippen molar-refractivity contribution in [1.82, 2.24) is 10.2 Å². The standard InChI is InChI=1S/C31H35ClFN3O2/c1-19-11-14-24(18-26(19)32)35-30(37)25-9-5-17-36(31(38)28-20(2)6-3-10-27(28)33)29(25)21-12-15-23(16-13-21)34-22-7-4-8-22/h3,6,10-12,14-16,18,21-22,25,29,34H,4-5,7-9,13,17H2,1-2H3,(H,35,37)/t21?,25-,29-/m0/s1. The van der Waals surface area contributed by atoms with E-state index in [-0.39, 0.29) is 23.3 Å². The minimum absolute atomic E-state index is 0.0596. The SMILES string of the molecule is Cc1ccc(NC(=O)[C@H]2CCCN(C(=O)c3c(C)cccc3F)[C@H]2C2C=CC(NC3CCC3)=CC2)cc1Cl. The van der Waals surface area contributed by atoms with Crippen molar-refractivity contribution in [3.63, 3.8) is 0 Å². The normalized spacial score (nSPS) is 23.4. The van der Waals surface area contributed by atoms with E-state index < -0.39 is 17.8 Å². The van der Waals surface area contributed by atoms with E-state index in [2.05, 4.69) is 28.9 Å². The number of rotatable bonds is 6. The van der Waals surface area contributed by atoms with Gasteiger partial charge in [0, 0.05) is 34.9 Å². The predicted molar refractivity (Wildman–Crippen MR) is 150 cm³/mol. The molecule has 1 saturated heterocycles. The number of hydrogen-bond donors (Lipinski definition) is 2. The summed E-state index contributed by atoms with van der Waals surface area (Å²) in [4.78, 5) is 29.3. The molecule has 2 N–H and O–H groups in total. The average molecular weight is 536 g/mol. The molecule has 2 aromatic carbocycles. The number of carbonyl (C=O) groups is 2. The first kappa shape index (κ1) is 26.5. The first-order valence-electron chi connectivity index (χ1n) is 13.6. The second kappa shape index (κ2) is 11.3. The lowest BCUT2D eigenvalue weighted by atomic mass is 9.77. The molecule has 2 aromatic rings. The predicted octanol–water partition coefficient (Wildman–Crippen LogP) is 6.56. The van der Waals surface area contributed by atoms with E-state index in [0.717, 1.165) is 11.3 Å². The number of nitrogens with one attached hydrogen (secondary N) is 2. The van der Waals surface area contributed by atoms with Gasteiger partial charge in [0.15, 0.2) is 0 Å². The summed E-state index contributed by atoms with van der Waals surface area (Å²) in [7, 11) is 0. The summed E-state index contributed by atoms with van der Waals surface area (Å²) in [5, 5.41) is 7.20. The monoisotopic (exact) mass is 535 g/mol. The van der Waals surface area contributed by atoms with Crippen molar-refractivity contribution in [2.45, 2.75) is 64.5 Å². The quantitative estimate of drug-likeness (QED) is 0.440. The summed E-state index contributed by atoms with van der Waals surface area (Å²) in [6.45, 7) is 4.15. The molecule has 0 aromatic heterocycles. The molecule has 1 aliphatic heterocycles. The number of amides is 2. The molecule has 7 heteroatoms. The van der Waals surface area contributed by atoms with Crippen LogP contribution in [0.2, 0.25) is 5.02 Å². The van der Waals surface area contributed by atoms with Crippen LogP contribution >= 0.6 is 11.6 Å². The molecule has 1 unspecified atom stereocenters. The van der Waals surface area contributed by atoms with E-state index in [1.165, 1.54) is 25.3 Å². The number of carbonyl (C=O) groups excluding carboxylic acids is 2. The van der Waals surface area contributed by atoms with E-state index in [1.807, 2.05) is 19.1 Å². The second-order valence-corrected chi connectivity index (χ2v) is 11.2. The van der Waals surface area contributed by atoms with Crippen molar-refractivity contribution in [2.24, 2.45) is 11.8 Å². The number of aryl methyl sites for hydroxylation is 2. The molecule has 2 fully saturated rings. The second-order valence-electron chi connectivity index (χ2n) is 10.8. The lowest BCUT2D eigenvalue weighted by Gasteiger charge is -2.44. The highest BCUT2D eigenvalue weighted by Crippen LogP contribution is 2.36. The Bertz CT molecular complexity index is 1270. The van der Waals surface area contributed by atoms with Crippen LogP contribution in [0.1, 0.15) is 60.0 Å². The highest BCUT2D eigenvalue weighted by atomic mass is 35.5. The summed E-state index contributed by atoms with van der Waals surface area (Å²) in [5.41, 5.74) is 3.35. The van der Waals surface area contributed by atoms with Crippen LogP contribution in [-0.2, 0) is 4.79 Å². The highest BCUT2D eigenvalue weighted by molar-refractivity contribution is 6.31. The van der Waals surface area contributed by atoms with Crippen LogP contribution in [0.5, 0.6) is 0 Å². The van der Waals surface area contributed by atoms with Crippen molar-refractivity contribution in [3.05, 3.63) is 87.9 Å². The lowest BCUT2D eigenvalue weighted by molar-refractivity contribution is -0.123. The van der Waals surface area contributed by atoms with Crippen LogP contribution in [0.15, 0.2) is 60.3 Å². The van der Waals surface area contributed by atoms with Crippen LogP contribution in [0.4, 0.5) is 10.1 Å². The lowest BCUT2D eigenvalue weighted by Crippen LogP contribution is -2.55. The van der Waals surface area contributed by atoms with Gasteiger partial charge in [0.05, 0.1) is 17.5 Å². The van der Waals surface area contributed by atoms with Gasteiger partial charge in [0.25, 0.3) is 5.91 Å². The first-order valence-corrected chi connectivity index (χ1v) is 14.0. The number of benzene rings is 2. The Balaban J connectivity index is 1.43. The van der Waals surface area contributed by atoms with E-state index in [4.69, 9.17) is 11.6 Å². The molecule has 3 atom stereocenters. The van der Waals surface area contributed by atoms with Gasteiger partial charge >= 0.3 is 0 Å². The summed E-state index contributed by atoms with van der Waals surface area (Å²) >= 11 is 6.30. The van der Waals surface area contributed by atoms with Crippen LogP contribution in [0.25, 0.3) is 0 Å². The fourth-order valence-corrected chi connectivity index (χ4v) is 5.99. The van der Waals surface area contributed by atoms with Crippen molar-refractivity contribution in [2.75, 3.05) is 11.9 Å². The van der Waals surface area contributed by atoms with Gasteiger partial charge in [-0.1, -0.05) is 42.0 Å². The fraction of sp³-hybridized carbons (Fsp3) is 0.419. The third-order valence-corrected chi connectivity index (χ3v) is 8.61. The number of allylic oxidation sites excluding steroid dienone is 2. The summed E-state index contributed by atoms with van der Waals surface area (Å²) < 4.78 is 14.9. The molecule has 1 saturated carbocycles. The molecule has 5 nitrogen and oxygen atoms in total. The molecule has 1 heterocycles. The van der Waals surface area contributed by atoms with Crippen LogP contribution in [0.3, 0.4) is 0 Å². The fourth-order valence-electron chi connectivity index (χ4n) is 5.81. The van der Waals surface area contributed by atoms with Gasteiger partial charge in [-0.25, -0.2) is 4.39 Å². The van der Waals surface area contributed by atoms with Crippen LogP contribution in [-0.4, -0.2) is 35.3 Å². The van der Waals surface area contributed by atoms with E-state index >= 15 is 0 Å². The van der Waals surface area contributed by atoms with Gasteiger partial charge < -0.3 is 15.5 Å².